The molecule has 0 saturated carbocycles. The number of primary amides is 1. The molecule has 1 aromatic carbocycles. The van der Waals surface area contributed by atoms with E-state index in [4.69, 9.17) is 10.5 Å². The van der Waals surface area contributed by atoms with Gasteiger partial charge in [-0.15, -0.1) is 24.0 Å². The standard InChI is InChI=1S/C21H34N4O2.HI/c1-4-17(5-2)18-11-13-25(14-18)21(23-3)24-12-10-16-6-8-19(9-7-16)27-15-20(22)26;/h6-9,17-18H,4-5,10-15H2,1-3H3,(H2,22,26)(H,23,24);1H. The lowest BCUT2D eigenvalue weighted by Crippen LogP contribution is -2.41. The number of likely N-dealkylation sites (tertiary alicyclic amines) is 1. The maximum atomic E-state index is 10.7. The average molecular weight is 502 g/mol. The molecule has 158 valence electrons. The number of carbonyl (C=O) groups is 1. The van der Waals surface area contributed by atoms with Crippen LogP contribution in [0.25, 0.3) is 0 Å². The first kappa shape index (κ1) is 24.5. The van der Waals surface area contributed by atoms with Crippen molar-refractivity contribution in [2.24, 2.45) is 22.6 Å². The van der Waals surface area contributed by atoms with Crippen molar-refractivity contribution in [1.82, 2.24) is 10.2 Å². The summed E-state index contributed by atoms with van der Waals surface area (Å²) < 4.78 is 5.28. The number of hydrogen-bond acceptors (Lipinski definition) is 3. The van der Waals surface area contributed by atoms with E-state index in [0.29, 0.717) is 5.75 Å². The number of nitrogens with zero attached hydrogens (tertiary/aromatic N) is 2. The quantitative estimate of drug-likeness (QED) is 0.309. The van der Waals surface area contributed by atoms with Crippen molar-refractivity contribution < 1.29 is 9.53 Å². The van der Waals surface area contributed by atoms with E-state index in [1.54, 1.807) is 0 Å². The van der Waals surface area contributed by atoms with Gasteiger partial charge in [0.1, 0.15) is 5.75 Å². The summed E-state index contributed by atoms with van der Waals surface area (Å²) in [6.07, 6.45) is 4.69. The zero-order chi connectivity index (χ0) is 19.6. The smallest absolute Gasteiger partial charge is 0.255 e. The molecule has 1 atom stereocenters. The van der Waals surface area contributed by atoms with E-state index >= 15 is 0 Å². The van der Waals surface area contributed by atoms with Crippen LogP contribution in [0.15, 0.2) is 29.3 Å². The summed E-state index contributed by atoms with van der Waals surface area (Å²) in [7, 11) is 1.86. The Hall–Kier alpha value is -1.51. The van der Waals surface area contributed by atoms with Crippen LogP contribution in [0.4, 0.5) is 0 Å². The first-order valence-corrected chi connectivity index (χ1v) is 10.0. The minimum Gasteiger partial charge on any atom is -0.484 e. The van der Waals surface area contributed by atoms with E-state index in [0.717, 1.165) is 43.9 Å². The number of guanidine groups is 1. The second-order valence-electron chi connectivity index (χ2n) is 7.19. The molecule has 0 radical (unpaired) electrons. The second kappa shape index (κ2) is 12.9. The molecule has 1 saturated heterocycles. The highest BCUT2D eigenvalue weighted by Crippen LogP contribution is 2.28. The number of halogens is 1. The topological polar surface area (TPSA) is 79.9 Å². The Bertz CT molecular complexity index is 617. The fourth-order valence-electron chi connectivity index (χ4n) is 3.88. The molecule has 1 amide bonds. The van der Waals surface area contributed by atoms with Crippen molar-refractivity contribution in [2.75, 3.05) is 33.3 Å². The summed E-state index contributed by atoms with van der Waals surface area (Å²) in [6, 6.07) is 7.76. The molecule has 0 bridgehead atoms. The summed E-state index contributed by atoms with van der Waals surface area (Å²) >= 11 is 0. The van der Waals surface area contributed by atoms with Gasteiger partial charge < -0.3 is 20.7 Å². The van der Waals surface area contributed by atoms with Gasteiger partial charge in [0, 0.05) is 26.7 Å². The van der Waals surface area contributed by atoms with Crippen LogP contribution in [0.3, 0.4) is 0 Å². The lowest BCUT2D eigenvalue weighted by molar-refractivity contribution is -0.119. The van der Waals surface area contributed by atoms with Gasteiger partial charge in [-0.1, -0.05) is 38.8 Å². The fourth-order valence-corrected chi connectivity index (χ4v) is 3.88. The lowest BCUT2D eigenvalue weighted by Gasteiger charge is -2.24. The fraction of sp³-hybridized carbons (Fsp3) is 0.619. The monoisotopic (exact) mass is 502 g/mol. The van der Waals surface area contributed by atoms with Gasteiger partial charge in [-0.3, -0.25) is 9.79 Å². The van der Waals surface area contributed by atoms with E-state index in [2.05, 4.69) is 29.1 Å². The average Bonchev–Trinajstić information content (AvgIpc) is 3.15. The van der Waals surface area contributed by atoms with E-state index in [1.165, 1.54) is 24.8 Å². The highest BCUT2D eigenvalue weighted by atomic mass is 127. The summed E-state index contributed by atoms with van der Waals surface area (Å²) in [5, 5.41) is 3.49. The third kappa shape index (κ3) is 7.48. The highest BCUT2D eigenvalue weighted by Gasteiger charge is 2.29. The third-order valence-corrected chi connectivity index (χ3v) is 5.45. The first-order chi connectivity index (χ1) is 13.1. The number of rotatable bonds is 9. The first-order valence-electron chi connectivity index (χ1n) is 10.0. The molecule has 0 aliphatic carbocycles. The predicted molar refractivity (Wildman–Crippen MR) is 125 cm³/mol. The van der Waals surface area contributed by atoms with Crippen LogP contribution in [0.1, 0.15) is 38.7 Å². The van der Waals surface area contributed by atoms with Crippen molar-refractivity contribution in [3.63, 3.8) is 0 Å². The Kier molecular flexibility index (Phi) is 11.3. The number of aliphatic imine (C=N–C) groups is 1. The maximum Gasteiger partial charge on any atom is 0.255 e. The third-order valence-electron chi connectivity index (χ3n) is 5.45. The number of benzene rings is 1. The summed E-state index contributed by atoms with van der Waals surface area (Å²) in [4.78, 5) is 17.6. The molecular weight excluding hydrogens is 467 g/mol. The number of nitrogens with two attached hydrogens (primary N) is 1. The molecule has 1 aromatic rings. The maximum absolute atomic E-state index is 10.7. The van der Waals surface area contributed by atoms with Gasteiger partial charge >= 0.3 is 0 Å². The summed E-state index contributed by atoms with van der Waals surface area (Å²) in [6.45, 7) is 7.54. The van der Waals surface area contributed by atoms with Gasteiger partial charge in [0.05, 0.1) is 0 Å². The molecule has 7 heteroatoms. The van der Waals surface area contributed by atoms with Crippen molar-refractivity contribution in [1.29, 1.82) is 0 Å². The molecule has 6 nitrogen and oxygen atoms in total. The highest BCUT2D eigenvalue weighted by molar-refractivity contribution is 14.0. The van der Waals surface area contributed by atoms with Crippen LogP contribution < -0.4 is 15.8 Å². The van der Waals surface area contributed by atoms with Gasteiger partial charge in [0.25, 0.3) is 5.91 Å². The number of amides is 1. The van der Waals surface area contributed by atoms with Crippen LogP contribution in [-0.2, 0) is 11.2 Å². The summed E-state index contributed by atoms with van der Waals surface area (Å²) in [5.74, 6) is 2.80. The van der Waals surface area contributed by atoms with E-state index in [1.807, 2.05) is 31.3 Å². The summed E-state index contributed by atoms with van der Waals surface area (Å²) in [5.41, 5.74) is 6.29. The van der Waals surface area contributed by atoms with E-state index < -0.39 is 5.91 Å². The van der Waals surface area contributed by atoms with Gasteiger partial charge in [0.15, 0.2) is 12.6 Å². The van der Waals surface area contributed by atoms with Crippen molar-refractivity contribution in [3.05, 3.63) is 29.8 Å². The number of nitrogens with one attached hydrogen (secondary N) is 1. The van der Waals surface area contributed by atoms with E-state index in [9.17, 15) is 4.79 Å². The van der Waals surface area contributed by atoms with Crippen molar-refractivity contribution >= 4 is 35.8 Å². The second-order valence-corrected chi connectivity index (χ2v) is 7.19. The van der Waals surface area contributed by atoms with Gasteiger partial charge in [-0.2, -0.15) is 0 Å². The van der Waals surface area contributed by atoms with Crippen LogP contribution in [0.5, 0.6) is 5.75 Å². The molecule has 0 spiro atoms. The predicted octanol–water partition coefficient (Wildman–Crippen LogP) is 3.04. The molecule has 1 heterocycles. The van der Waals surface area contributed by atoms with Crippen LogP contribution in [0, 0.1) is 11.8 Å². The molecule has 1 aliphatic heterocycles. The largest absolute Gasteiger partial charge is 0.484 e. The number of ether oxygens (including phenoxy) is 1. The van der Waals surface area contributed by atoms with Crippen molar-refractivity contribution in [2.45, 2.75) is 39.5 Å². The Morgan fingerprint density at radius 2 is 2.00 bits per heavy atom. The molecule has 28 heavy (non-hydrogen) atoms. The minimum atomic E-state index is -0.469. The minimum absolute atomic E-state index is 0. The Labute approximate surface area is 186 Å². The molecule has 1 aliphatic rings. The SMILES string of the molecule is CCC(CC)C1CCN(C(=NC)NCCc2ccc(OCC(N)=O)cc2)C1.I. The molecule has 1 unspecified atom stereocenters. The lowest BCUT2D eigenvalue weighted by atomic mass is 9.87. The molecular formula is C21H35IN4O2. The van der Waals surface area contributed by atoms with E-state index in [-0.39, 0.29) is 30.6 Å². The normalized spacial score (nSPS) is 16.8. The number of carbonyl (C=O) groups excluding carboxylic acids is 1. The van der Waals surface area contributed by atoms with Crippen LogP contribution in [0.2, 0.25) is 0 Å². The molecule has 3 N–H and O–H groups in total. The van der Waals surface area contributed by atoms with Gasteiger partial charge in [-0.25, -0.2) is 0 Å². The zero-order valence-electron chi connectivity index (χ0n) is 17.3. The van der Waals surface area contributed by atoms with Crippen LogP contribution >= 0.6 is 24.0 Å². The van der Waals surface area contributed by atoms with Crippen molar-refractivity contribution in [3.8, 4) is 5.75 Å². The molecule has 2 rings (SSSR count). The van der Waals surface area contributed by atoms with Crippen LogP contribution in [-0.4, -0.2) is 50.1 Å². The zero-order valence-corrected chi connectivity index (χ0v) is 19.6. The Balaban J connectivity index is 0.00000392. The molecule has 0 aromatic heterocycles. The number of hydrogen-bond donors (Lipinski definition) is 2. The molecule has 1 fully saturated rings. The van der Waals surface area contributed by atoms with Gasteiger partial charge in [-0.05, 0) is 42.4 Å². The Morgan fingerprint density at radius 3 is 2.57 bits per heavy atom. The van der Waals surface area contributed by atoms with Gasteiger partial charge in [0.2, 0.25) is 0 Å². The Morgan fingerprint density at radius 1 is 1.32 bits per heavy atom.